The predicted molar refractivity (Wildman–Crippen MR) is 148 cm³/mol. The highest BCUT2D eigenvalue weighted by Gasteiger charge is 2.57. The molecule has 0 aliphatic rings. The van der Waals surface area contributed by atoms with Crippen LogP contribution in [-0.4, -0.2) is 58.1 Å². The second-order valence-electron chi connectivity index (χ2n) is 9.72. The van der Waals surface area contributed by atoms with E-state index in [1.165, 1.54) is 6.92 Å². The molecule has 0 saturated heterocycles. The molecule has 4 aromatic rings. The van der Waals surface area contributed by atoms with Crippen LogP contribution in [0.4, 0.5) is 30.7 Å². The third-order valence-corrected chi connectivity index (χ3v) is 6.91. The zero-order chi connectivity index (χ0) is 34.1. The van der Waals surface area contributed by atoms with Crippen LogP contribution in [0.15, 0.2) is 36.5 Å². The Kier molecular flexibility index (Phi) is 9.67. The molecule has 0 saturated carbocycles. The van der Waals surface area contributed by atoms with Gasteiger partial charge in [0, 0.05) is 28.3 Å². The van der Waals surface area contributed by atoms with Crippen LogP contribution in [0.2, 0.25) is 5.02 Å². The molecule has 0 aliphatic carbocycles. The highest BCUT2D eigenvalue weighted by Crippen LogP contribution is 2.42. The van der Waals surface area contributed by atoms with E-state index < -0.39 is 71.2 Å². The summed E-state index contributed by atoms with van der Waals surface area (Å²) in [5.74, 6) is -5.64. The zero-order valence-electron chi connectivity index (χ0n) is 23.7. The van der Waals surface area contributed by atoms with E-state index in [0.29, 0.717) is 12.1 Å². The van der Waals surface area contributed by atoms with Gasteiger partial charge in [0.1, 0.15) is 22.7 Å². The lowest BCUT2D eigenvalue weighted by Gasteiger charge is -2.31. The van der Waals surface area contributed by atoms with Gasteiger partial charge < -0.3 is 25.6 Å². The van der Waals surface area contributed by atoms with Crippen LogP contribution >= 0.6 is 11.6 Å². The number of benzene rings is 2. The maximum Gasteiger partial charge on any atom is 0.424 e. The van der Waals surface area contributed by atoms with Gasteiger partial charge in [-0.25, -0.2) is 18.4 Å². The number of ether oxygens (including phenoxy) is 2. The number of primary amides is 1. The van der Waals surface area contributed by atoms with Gasteiger partial charge in [-0.3, -0.25) is 9.59 Å². The molecule has 0 bridgehead atoms. The number of nitrogens with one attached hydrogen (secondary N) is 1. The van der Waals surface area contributed by atoms with Crippen molar-refractivity contribution in [3.05, 3.63) is 70.0 Å². The molecule has 0 unspecified atom stereocenters. The standard InChI is InChI=1S/C28H23ClF7N5O5/c1-3-46-24-13(9-20(37)42)8-19(39-23(24)12-5-16(29)21(31)17(30)6-12)27(44,28(34,35)36)11-38-25(43)14-4-15-10-41(26(32)33)40-22(15)18(7-14)45-2/h4-8,10,26,44H,3,9,11H2,1-2H3,(H2,37,42)(H,38,43)/t27-/m0/s1. The number of aliphatic hydroxyl groups is 1. The van der Waals surface area contributed by atoms with Crippen LogP contribution < -0.4 is 20.5 Å². The van der Waals surface area contributed by atoms with Crippen molar-refractivity contribution in [1.29, 1.82) is 0 Å². The maximum absolute atomic E-state index is 14.6. The van der Waals surface area contributed by atoms with Gasteiger partial charge in [0.05, 0.1) is 37.4 Å². The third kappa shape index (κ3) is 6.64. The fraction of sp³-hybridized carbons (Fsp3) is 0.286. The van der Waals surface area contributed by atoms with Crippen LogP contribution in [-0.2, 0) is 16.8 Å². The van der Waals surface area contributed by atoms with Crippen molar-refractivity contribution < 1.29 is 54.9 Å². The number of halogens is 8. The van der Waals surface area contributed by atoms with Crippen molar-refractivity contribution in [3.63, 3.8) is 0 Å². The van der Waals surface area contributed by atoms with Crippen LogP contribution in [0.3, 0.4) is 0 Å². The summed E-state index contributed by atoms with van der Waals surface area (Å²) in [7, 11) is 1.15. The largest absolute Gasteiger partial charge is 0.494 e. The highest BCUT2D eigenvalue weighted by atomic mass is 35.5. The van der Waals surface area contributed by atoms with Gasteiger partial charge in [0.2, 0.25) is 11.5 Å². The van der Waals surface area contributed by atoms with Gasteiger partial charge in [0.15, 0.2) is 11.6 Å². The fourth-order valence-corrected chi connectivity index (χ4v) is 4.67. The Morgan fingerprint density at radius 2 is 1.85 bits per heavy atom. The molecule has 18 heteroatoms. The Morgan fingerprint density at radius 3 is 2.41 bits per heavy atom. The summed E-state index contributed by atoms with van der Waals surface area (Å²) >= 11 is 5.76. The van der Waals surface area contributed by atoms with Crippen LogP contribution in [0.5, 0.6) is 11.5 Å². The molecule has 4 rings (SSSR count). The first-order chi connectivity index (χ1) is 21.5. The number of rotatable bonds is 11. The second-order valence-corrected chi connectivity index (χ2v) is 10.1. The lowest BCUT2D eigenvalue weighted by molar-refractivity contribution is -0.265. The van der Waals surface area contributed by atoms with Crippen molar-refractivity contribution >= 4 is 34.3 Å². The number of carbonyl (C=O) groups excluding carboxylic acids is 2. The number of carbonyl (C=O) groups is 2. The number of hydrogen-bond acceptors (Lipinski definition) is 7. The lowest BCUT2D eigenvalue weighted by atomic mass is 9.93. The topological polar surface area (TPSA) is 142 Å². The van der Waals surface area contributed by atoms with Gasteiger partial charge in [-0.1, -0.05) is 11.6 Å². The van der Waals surface area contributed by atoms with E-state index >= 15 is 0 Å². The first-order valence-corrected chi connectivity index (χ1v) is 13.4. The number of methoxy groups -OCH3 is 1. The quantitative estimate of drug-likeness (QED) is 0.149. The molecule has 0 fully saturated rings. The average Bonchev–Trinajstić information content (AvgIpc) is 3.42. The Hall–Kier alpha value is -4.64. The van der Waals surface area contributed by atoms with E-state index in [1.807, 2.05) is 5.32 Å². The molecule has 10 nitrogen and oxygen atoms in total. The van der Waals surface area contributed by atoms with E-state index in [1.54, 1.807) is 0 Å². The van der Waals surface area contributed by atoms with Crippen LogP contribution in [0.1, 0.15) is 35.1 Å². The number of amides is 2. The zero-order valence-corrected chi connectivity index (χ0v) is 24.4. The lowest BCUT2D eigenvalue weighted by Crippen LogP contribution is -2.51. The monoisotopic (exact) mass is 677 g/mol. The molecule has 4 N–H and O–H groups in total. The van der Waals surface area contributed by atoms with Crippen molar-refractivity contribution in [2.24, 2.45) is 5.73 Å². The van der Waals surface area contributed by atoms with Gasteiger partial charge in [-0.2, -0.15) is 27.1 Å². The summed E-state index contributed by atoms with van der Waals surface area (Å²) in [6.07, 6.45) is -5.39. The van der Waals surface area contributed by atoms with Crippen LogP contribution in [0.25, 0.3) is 22.2 Å². The molecule has 0 radical (unpaired) electrons. The molecular weight excluding hydrogens is 655 g/mol. The molecule has 2 aromatic heterocycles. The first kappa shape index (κ1) is 34.2. The van der Waals surface area contributed by atoms with Gasteiger partial charge in [-0.05, 0) is 37.3 Å². The number of nitrogens with zero attached hydrogens (tertiary/aromatic N) is 3. The van der Waals surface area contributed by atoms with E-state index in [-0.39, 0.29) is 50.4 Å². The summed E-state index contributed by atoms with van der Waals surface area (Å²) in [4.78, 5) is 28.8. The van der Waals surface area contributed by atoms with E-state index in [9.17, 15) is 45.4 Å². The van der Waals surface area contributed by atoms with Crippen molar-refractivity contribution in [3.8, 4) is 22.8 Å². The molecule has 2 aromatic carbocycles. The fourth-order valence-electron chi connectivity index (χ4n) is 4.46. The summed E-state index contributed by atoms with van der Waals surface area (Å²) in [5, 5.41) is 15.9. The van der Waals surface area contributed by atoms with Gasteiger partial charge in [-0.15, -0.1) is 0 Å². The molecule has 246 valence electrons. The molecular formula is C28H23ClF7N5O5. The number of nitrogens with two attached hydrogens (primary N) is 1. The normalized spacial score (nSPS) is 13.1. The van der Waals surface area contributed by atoms with Crippen molar-refractivity contribution in [1.82, 2.24) is 20.1 Å². The number of hydrogen-bond donors (Lipinski definition) is 3. The number of aromatic nitrogens is 3. The van der Waals surface area contributed by atoms with Gasteiger partial charge in [0.25, 0.3) is 5.91 Å². The Bertz CT molecular complexity index is 1790. The Balaban J connectivity index is 1.83. The summed E-state index contributed by atoms with van der Waals surface area (Å²) < 4.78 is 109. The van der Waals surface area contributed by atoms with Gasteiger partial charge >= 0.3 is 12.7 Å². The summed E-state index contributed by atoms with van der Waals surface area (Å²) in [6.45, 7) is -3.25. The van der Waals surface area contributed by atoms with E-state index in [4.69, 9.17) is 26.8 Å². The minimum atomic E-state index is -5.55. The van der Waals surface area contributed by atoms with Crippen LogP contribution in [0, 0.1) is 11.6 Å². The van der Waals surface area contributed by atoms with Crippen molar-refractivity contribution in [2.75, 3.05) is 20.3 Å². The SMILES string of the molecule is CCOc1c(CC(N)=O)cc([C@@](O)(CNC(=O)c2cc(OC)c3nn(C(F)F)cc3c2)C(F)(F)F)nc1-c1cc(F)c(F)c(Cl)c1. The highest BCUT2D eigenvalue weighted by molar-refractivity contribution is 6.31. The minimum absolute atomic E-state index is 0.00464. The van der Waals surface area contributed by atoms with E-state index in [0.717, 1.165) is 31.5 Å². The number of fused-ring (bicyclic) bond motifs is 1. The molecule has 46 heavy (non-hydrogen) atoms. The predicted octanol–water partition coefficient (Wildman–Crippen LogP) is 5.04. The molecule has 1 atom stereocenters. The summed E-state index contributed by atoms with van der Waals surface area (Å²) in [5.41, 5.74) is -1.50. The maximum atomic E-state index is 14.6. The Labute approximate surface area is 259 Å². The number of alkyl halides is 5. The molecule has 2 heterocycles. The molecule has 0 aliphatic heterocycles. The smallest absolute Gasteiger partial charge is 0.424 e. The average molecular weight is 678 g/mol. The number of pyridine rings is 1. The first-order valence-electron chi connectivity index (χ1n) is 13.0. The second kappa shape index (κ2) is 13.0. The van der Waals surface area contributed by atoms with Crippen molar-refractivity contribution in [2.45, 2.75) is 31.7 Å². The molecule has 0 spiro atoms. The third-order valence-electron chi connectivity index (χ3n) is 6.63. The summed E-state index contributed by atoms with van der Waals surface area (Å²) in [6, 6.07) is 4.19. The van der Waals surface area contributed by atoms with E-state index in [2.05, 4.69) is 10.1 Å². The molecule has 2 amide bonds. The minimum Gasteiger partial charge on any atom is -0.494 e. The Morgan fingerprint density at radius 1 is 1.15 bits per heavy atom.